The quantitative estimate of drug-likeness (QED) is 0.784. The number of amides is 1. The highest BCUT2D eigenvalue weighted by molar-refractivity contribution is 6.20. The predicted molar refractivity (Wildman–Crippen MR) is 76.4 cm³/mol. The lowest BCUT2D eigenvalue weighted by atomic mass is 10.1. The number of carbonyl (C=O) groups is 1. The lowest BCUT2D eigenvalue weighted by molar-refractivity contribution is 0.0952. The van der Waals surface area contributed by atoms with Gasteiger partial charge < -0.3 is 14.8 Å². The van der Waals surface area contributed by atoms with Crippen molar-refractivity contribution in [3.63, 3.8) is 0 Å². The molecule has 0 aliphatic carbocycles. The molecule has 0 spiro atoms. The van der Waals surface area contributed by atoms with E-state index < -0.39 is 0 Å². The number of carbonyl (C=O) groups excluding carboxylic acids is 1. The summed E-state index contributed by atoms with van der Waals surface area (Å²) in [6, 6.07) is 5.08. The van der Waals surface area contributed by atoms with Gasteiger partial charge in [-0.1, -0.05) is 6.92 Å². The monoisotopic (exact) mass is 285 g/mol. The molecule has 1 aromatic carbocycles. The normalized spacial score (nSPS) is 11.8. The van der Waals surface area contributed by atoms with Crippen molar-refractivity contribution in [1.29, 1.82) is 0 Å². The van der Waals surface area contributed by atoms with Crippen LogP contribution >= 0.6 is 11.6 Å². The van der Waals surface area contributed by atoms with Crippen molar-refractivity contribution in [3.05, 3.63) is 23.8 Å². The third-order valence-corrected chi connectivity index (χ3v) is 3.33. The van der Waals surface area contributed by atoms with Gasteiger partial charge in [-0.15, -0.1) is 11.6 Å². The van der Waals surface area contributed by atoms with Crippen molar-refractivity contribution in [1.82, 2.24) is 5.32 Å². The van der Waals surface area contributed by atoms with Gasteiger partial charge in [0, 0.05) is 23.6 Å². The van der Waals surface area contributed by atoms with Crippen molar-refractivity contribution < 1.29 is 14.3 Å². The molecule has 1 atom stereocenters. The first-order chi connectivity index (χ1) is 9.10. The summed E-state index contributed by atoms with van der Waals surface area (Å²) in [7, 11) is 3.10. The van der Waals surface area contributed by atoms with Gasteiger partial charge in [-0.3, -0.25) is 4.79 Å². The summed E-state index contributed by atoms with van der Waals surface area (Å²) in [5.74, 6) is 1.03. The summed E-state index contributed by atoms with van der Waals surface area (Å²) in [5, 5.41) is 2.93. The number of hydrogen-bond acceptors (Lipinski definition) is 3. The van der Waals surface area contributed by atoms with Crippen LogP contribution in [0.3, 0.4) is 0 Å². The zero-order valence-electron chi connectivity index (χ0n) is 11.5. The standard InChI is InChI=1S/C14H20ClNO3/c1-4-11(15)5-6-16-14(17)10-7-12(18-2)9-13(8-10)19-3/h7-9,11H,4-6H2,1-3H3,(H,16,17). The number of rotatable bonds is 7. The minimum Gasteiger partial charge on any atom is -0.497 e. The van der Waals surface area contributed by atoms with Crippen molar-refractivity contribution in [3.8, 4) is 11.5 Å². The van der Waals surface area contributed by atoms with Crippen LogP contribution in [0.2, 0.25) is 0 Å². The summed E-state index contributed by atoms with van der Waals surface area (Å²) >= 11 is 6.00. The van der Waals surface area contributed by atoms with Gasteiger partial charge in [-0.05, 0) is 25.0 Å². The molecule has 0 radical (unpaired) electrons. The highest BCUT2D eigenvalue weighted by Gasteiger charge is 2.10. The van der Waals surface area contributed by atoms with Crippen molar-refractivity contribution >= 4 is 17.5 Å². The first-order valence-corrected chi connectivity index (χ1v) is 6.69. The average molecular weight is 286 g/mol. The van der Waals surface area contributed by atoms with E-state index in [1.807, 2.05) is 6.92 Å². The number of benzene rings is 1. The maximum Gasteiger partial charge on any atom is 0.251 e. The van der Waals surface area contributed by atoms with Crippen LogP contribution in [-0.2, 0) is 0 Å². The van der Waals surface area contributed by atoms with Gasteiger partial charge in [-0.2, -0.15) is 0 Å². The molecule has 1 aromatic rings. The first kappa shape index (κ1) is 15.6. The van der Waals surface area contributed by atoms with E-state index in [0.717, 1.165) is 12.8 Å². The lowest BCUT2D eigenvalue weighted by Gasteiger charge is -2.10. The van der Waals surface area contributed by atoms with Crippen LogP contribution in [0.5, 0.6) is 11.5 Å². The second-order valence-electron chi connectivity index (χ2n) is 4.15. The van der Waals surface area contributed by atoms with E-state index in [1.165, 1.54) is 0 Å². The van der Waals surface area contributed by atoms with E-state index in [2.05, 4.69) is 5.32 Å². The first-order valence-electron chi connectivity index (χ1n) is 6.26. The predicted octanol–water partition coefficient (Wildman–Crippen LogP) is 2.84. The van der Waals surface area contributed by atoms with Crippen molar-refractivity contribution in [2.24, 2.45) is 0 Å². The van der Waals surface area contributed by atoms with Crippen molar-refractivity contribution in [2.75, 3.05) is 20.8 Å². The molecule has 4 nitrogen and oxygen atoms in total. The van der Waals surface area contributed by atoms with Gasteiger partial charge >= 0.3 is 0 Å². The Balaban J connectivity index is 2.65. The molecular weight excluding hydrogens is 266 g/mol. The minimum atomic E-state index is -0.155. The van der Waals surface area contributed by atoms with Crippen LogP contribution < -0.4 is 14.8 Å². The van der Waals surface area contributed by atoms with Gasteiger partial charge in [0.1, 0.15) is 11.5 Å². The van der Waals surface area contributed by atoms with Crippen molar-refractivity contribution in [2.45, 2.75) is 25.1 Å². The van der Waals surface area contributed by atoms with E-state index in [0.29, 0.717) is 23.6 Å². The molecule has 0 saturated carbocycles. The van der Waals surface area contributed by atoms with E-state index >= 15 is 0 Å². The molecule has 0 aliphatic rings. The molecule has 1 N–H and O–H groups in total. The maximum absolute atomic E-state index is 12.0. The van der Waals surface area contributed by atoms with Crippen LogP contribution in [0, 0.1) is 0 Å². The summed E-state index contributed by atoms with van der Waals surface area (Å²) in [6.45, 7) is 2.58. The van der Waals surface area contributed by atoms with E-state index in [9.17, 15) is 4.79 Å². The smallest absolute Gasteiger partial charge is 0.251 e. The summed E-state index contributed by atoms with van der Waals surface area (Å²) in [4.78, 5) is 12.0. The largest absolute Gasteiger partial charge is 0.497 e. The highest BCUT2D eigenvalue weighted by Crippen LogP contribution is 2.22. The number of hydrogen-bond donors (Lipinski definition) is 1. The highest BCUT2D eigenvalue weighted by atomic mass is 35.5. The molecular formula is C14H20ClNO3. The number of halogens is 1. The zero-order valence-corrected chi connectivity index (χ0v) is 12.3. The number of methoxy groups -OCH3 is 2. The molecule has 1 unspecified atom stereocenters. The van der Waals surface area contributed by atoms with Crippen LogP contribution in [-0.4, -0.2) is 32.0 Å². The Morgan fingerprint density at radius 3 is 2.32 bits per heavy atom. The fourth-order valence-corrected chi connectivity index (χ4v) is 1.70. The molecule has 106 valence electrons. The molecule has 1 amide bonds. The van der Waals surface area contributed by atoms with Crippen LogP contribution in [0.4, 0.5) is 0 Å². The van der Waals surface area contributed by atoms with E-state index in [4.69, 9.17) is 21.1 Å². The number of alkyl halides is 1. The van der Waals surface area contributed by atoms with Gasteiger partial charge in [0.05, 0.1) is 14.2 Å². The van der Waals surface area contributed by atoms with Crippen LogP contribution in [0.1, 0.15) is 30.1 Å². The summed E-state index contributed by atoms with van der Waals surface area (Å²) in [6.07, 6.45) is 1.65. The fraction of sp³-hybridized carbons (Fsp3) is 0.500. The molecule has 0 heterocycles. The molecule has 0 aliphatic heterocycles. The third-order valence-electron chi connectivity index (χ3n) is 2.80. The van der Waals surface area contributed by atoms with Gasteiger partial charge in [-0.25, -0.2) is 0 Å². The Morgan fingerprint density at radius 1 is 1.26 bits per heavy atom. The Bertz CT molecular complexity index is 401. The Labute approximate surface area is 119 Å². The molecule has 0 aromatic heterocycles. The van der Waals surface area contributed by atoms with E-state index in [1.54, 1.807) is 32.4 Å². The van der Waals surface area contributed by atoms with Gasteiger partial charge in [0.15, 0.2) is 0 Å². The van der Waals surface area contributed by atoms with Crippen LogP contribution in [0.15, 0.2) is 18.2 Å². The zero-order chi connectivity index (χ0) is 14.3. The second kappa shape index (κ2) is 7.89. The van der Waals surface area contributed by atoms with Gasteiger partial charge in [0.2, 0.25) is 0 Å². The molecule has 1 rings (SSSR count). The maximum atomic E-state index is 12.0. The second-order valence-corrected chi connectivity index (χ2v) is 4.77. The Hall–Kier alpha value is -1.42. The fourth-order valence-electron chi connectivity index (χ4n) is 1.59. The lowest BCUT2D eigenvalue weighted by Crippen LogP contribution is -2.26. The molecule has 0 fully saturated rings. The molecule has 19 heavy (non-hydrogen) atoms. The summed E-state index contributed by atoms with van der Waals surface area (Å²) < 4.78 is 10.3. The summed E-state index contributed by atoms with van der Waals surface area (Å²) in [5.41, 5.74) is 0.513. The Morgan fingerprint density at radius 2 is 1.84 bits per heavy atom. The SMILES string of the molecule is CCC(Cl)CCNC(=O)c1cc(OC)cc(OC)c1. The average Bonchev–Trinajstić information content (AvgIpc) is 2.46. The molecule has 0 bridgehead atoms. The third kappa shape index (κ3) is 4.99. The minimum absolute atomic E-state index is 0.0974. The van der Waals surface area contributed by atoms with Gasteiger partial charge in [0.25, 0.3) is 5.91 Å². The molecule has 5 heteroatoms. The van der Waals surface area contributed by atoms with E-state index in [-0.39, 0.29) is 11.3 Å². The topological polar surface area (TPSA) is 47.6 Å². The number of ether oxygens (including phenoxy) is 2. The number of nitrogens with one attached hydrogen (secondary N) is 1. The van der Waals surface area contributed by atoms with Crippen LogP contribution in [0.25, 0.3) is 0 Å². The molecule has 0 saturated heterocycles. The Kier molecular flexibility index (Phi) is 6.50.